The van der Waals surface area contributed by atoms with E-state index in [0.717, 1.165) is 5.56 Å². The van der Waals surface area contributed by atoms with Crippen molar-refractivity contribution in [2.75, 3.05) is 40.9 Å². The molecule has 73 heavy (non-hydrogen) atoms. The van der Waals surface area contributed by atoms with Crippen molar-refractivity contribution < 1.29 is 76.1 Å². The van der Waals surface area contributed by atoms with Crippen LogP contribution in [0, 0.1) is 23.7 Å². The number of ketones is 1. The number of nitrogens with one attached hydrogen (secondary N) is 1. The quantitative estimate of drug-likeness (QED) is 0.226. The number of hydrogen-bond donors (Lipinski definition) is 1. The first-order valence-corrected chi connectivity index (χ1v) is 25.9. The van der Waals surface area contributed by atoms with E-state index in [9.17, 15) is 19.2 Å². The van der Waals surface area contributed by atoms with E-state index in [1.807, 2.05) is 71.8 Å². The van der Waals surface area contributed by atoms with Crippen molar-refractivity contribution in [3.05, 3.63) is 41.5 Å². The van der Waals surface area contributed by atoms with E-state index in [1.165, 1.54) is 25.9 Å². The Morgan fingerprint density at radius 1 is 0.890 bits per heavy atom. The number of likely N-dealkylation sites (N-methyl/N-ethyl adjacent to an activating group) is 1. The number of fused-ring (bicyclic) bond motifs is 6. The van der Waals surface area contributed by atoms with Gasteiger partial charge in [-0.25, -0.2) is 4.79 Å². The summed E-state index contributed by atoms with van der Waals surface area (Å²) in [4.78, 5) is 86.9. The largest absolute Gasteiger partial charge is 0.458 e. The highest BCUT2D eigenvalue weighted by Crippen LogP contribution is 2.45. The van der Waals surface area contributed by atoms with Crippen molar-refractivity contribution in [1.82, 2.24) is 15.1 Å². The summed E-state index contributed by atoms with van der Waals surface area (Å²) in [7, 11) is 5.29. The zero-order valence-corrected chi connectivity index (χ0v) is 45.5. The van der Waals surface area contributed by atoms with Crippen LogP contribution < -0.4 is 5.32 Å². The zero-order valence-electron chi connectivity index (χ0n) is 45.5. The van der Waals surface area contributed by atoms with Crippen molar-refractivity contribution in [1.29, 1.82) is 0 Å². The third kappa shape index (κ3) is 12.6. The number of amides is 2. The van der Waals surface area contributed by atoms with Gasteiger partial charge in [0.05, 0.1) is 54.6 Å². The average molecular weight is 1030 g/mol. The number of methoxy groups -OCH3 is 1. The van der Waals surface area contributed by atoms with E-state index in [2.05, 4.69) is 5.32 Å². The molecule has 5 heterocycles. The summed E-state index contributed by atoms with van der Waals surface area (Å²) in [5.41, 5.74) is -2.98. The van der Waals surface area contributed by atoms with Crippen LogP contribution in [0.25, 0.3) is 6.08 Å². The molecule has 19 heteroatoms. The topological polar surface area (TPSA) is 213 Å². The van der Waals surface area contributed by atoms with Gasteiger partial charge < -0.3 is 57.6 Å². The van der Waals surface area contributed by atoms with Gasteiger partial charge in [0.15, 0.2) is 30.4 Å². The van der Waals surface area contributed by atoms with E-state index >= 15 is 9.59 Å². The molecule has 0 aliphatic carbocycles. The predicted octanol–water partition coefficient (Wildman–Crippen LogP) is 5.88. The Hall–Kier alpha value is -4.50. The maximum atomic E-state index is 15.3. The second kappa shape index (κ2) is 23.6. The van der Waals surface area contributed by atoms with E-state index in [0.29, 0.717) is 12.0 Å². The number of cyclic esters (lactones) is 1. The number of ether oxygens (including phenoxy) is 10. The Kier molecular flexibility index (Phi) is 18.7. The highest BCUT2D eigenvalue weighted by molar-refractivity contribution is 5.94. The van der Waals surface area contributed by atoms with E-state index in [1.54, 1.807) is 52.8 Å². The minimum Gasteiger partial charge on any atom is -0.458 e. The second-order valence-electron chi connectivity index (χ2n) is 21.7. The van der Waals surface area contributed by atoms with Gasteiger partial charge in [-0.15, -0.1) is 0 Å². The van der Waals surface area contributed by atoms with Crippen LogP contribution in [0.15, 0.2) is 30.3 Å². The Balaban J connectivity index is 1.58. The summed E-state index contributed by atoms with van der Waals surface area (Å²) < 4.78 is 65.2. The molecule has 0 aromatic heterocycles. The average Bonchev–Trinajstić information content (AvgIpc) is 3.58. The first-order valence-electron chi connectivity index (χ1n) is 25.9. The summed E-state index contributed by atoms with van der Waals surface area (Å²) >= 11 is 0. The van der Waals surface area contributed by atoms with Crippen LogP contribution >= 0.6 is 0 Å². The van der Waals surface area contributed by atoms with Crippen LogP contribution in [0.1, 0.15) is 125 Å². The Morgan fingerprint density at radius 2 is 1.59 bits per heavy atom. The molecule has 0 unspecified atom stereocenters. The molecule has 0 saturated carbocycles. The van der Waals surface area contributed by atoms with Gasteiger partial charge in [0.25, 0.3) is 5.91 Å². The van der Waals surface area contributed by atoms with Gasteiger partial charge in [-0.05, 0) is 92.6 Å². The standard InChI is InChI=1S/C54H81N3O16/c1-16-40-54(12)45-31(4)42(60)29(2)27-53(11,65-24-18-20-37-19-17-21-38(26-37)48(61)55-22-23-57(45)51(63)73-54)46(72-50-44(68-35(8)58)39(56(13)14)25-30(3)66-50)32(5)43(33(6)49(62)70-40)71-41-28-52(10,64-15)47(34(7)67-41)69-36(9)59/h17-21,26,29-34,39-41,43-47,50H,16,22-25,27-28H2,1-15H3,(H,55,61)/b20-18+/t29-,30-,31+,32+,33-,34+,39+,40-,41+,43+,44-,45-,46-,47+,50+,52-,53-,54-/m1/s1. The Labute approximate surface area is 430 Å². The first-order chi connectivity index (χ1) is 34.3. The molecule has 1 aromatic carbocycles. The highest BCUT2D eigenvalue weighted by Gasteiger charge is 2.61. The molecule has 4 fully saturated rings. The Bertz CT molecular complexity index is 2190. The summed E-state index contributed by atoms with van der Waals surface area (Å²) in [5.74, 6) is -5.97. The van der Waals surface area contributed by atoms with Crippen molar-refractivity contribution in [3.8, 4) is 0 Å². The van der Waals surface area contributed by atoms with Gasteiger partial charge in [0, 0.05) is 63.8 Å². The van der Waals surface area contributed by atoms with E-state index in [-0.39, 0.29) is 62.8 Å². The smallest absolute Gasteiger partial charge is 0.410 e. The molecule has 1 N–H and O–H groups in total. The minimum absolute atomic E-state index is 0.0167. The number of nitrogens with zero attached hydrogens (tertiary/aromatic N) is 2. The zero-order chi connectivity index (χ0) is 53.9. The van der Waals surface area contributed by atoms with Crippen LogP contribution in [0.5, 0.6) is 0 Å². The highest BCUT2D eigenvalue weighted by atomic mass is 16.7. The van der Waals surface area contributed by atoms with Crippen molar-refractivity contribution in [3.63, 3.8) is 0 Å². The first kappa shape index (κ1) is 57.8. The van der Waals surface area contributed by atoms with Gasteiger partial charge in [-0.1, -0.05) is 52.0 Å². The molecule has 5 aliphatic rings. The van der Waals surface area contributed by atoms with Gasteiger partial charge >= 0.3 is 24.0 Å². The molecule has 0 radical (unpaired) electrons. The molecular formula is C54H81N3O16. The van der Waals surface area contributed by atoms with Crippen molar-refractivity contribution >= 4 is 41.8 Å². The summed E-state index contributed by atoms with van der Waals surface area (Å²) in [6, 6.07) is 5.76. The third-order valence-electron chi connectivity index (χ3n) is 15.8. The molecule has 4 bridgehead atoms. The molecule has 1 aromatic rings. The van der Waals surface area contributed by atoms with Gasteiger partial charge in [0.1, 0.15) is 17.5 Å². The number of carbonyl (C=O) groups excluding carboxylic acids is 6. The number of carbonyl (C=O) groups is 6. The van der Waals surface area contributed by atoms with Gasteiger partial charge in [0.2, 0.25) is 0 Å². The number of Topliss-reactive ketones (excluding diaryl/α,β-unsaturated/α-hetero) is 1. The number of esters is 3. The molecule has 408 valence electrons. The molecule has 6 rings (SSSR count). The lowest BCUT2D eigenvalue weighted by Gasteiger charge is -2.50. The van der Waals surface area contributed by atoms with Crippen LogP contribution in [-0.4, -0.2) is 171 Å². The van der Waals surface area contributed by atoms with Crippen LogP contribution in [0.2, 0.25) is 0 Å². The summed E-state index contributed by atoms with van der Waals surface area (Å²) in [6.45, 7) is 20.5. The monoisotopic (exact) mass is 1030 g/mol. The fraction of sp³-hybridized carbons (Fsp3) is 0.741. The fourth-order valence-corrected chi connectivity index (χ4v) is 12.1. The molecular weight excluding hydrogens is 947 g/mol. The summed E-state index contributed by atoms with van der Waals surface area (Å²) in [5, 5.41) is 2.92. The molecule has 19 nitrogen and oxygen atoms in total. The number of rotatable bonds is 9. The second-order valence-corrected chi connectivity index (χ2v) is 21.7. The lowest BCUT2D eigenvalue weighted by atomic mass is 9.73. The minimum atomic E-state index is -1.55. The van der Waals surface area contributed by atoms with Crippen LogP contribution in [-0.2, 0) is 66.5 Å². The maximum absolute atomic E-state index is 15.3. The maximum Gasteiger partial charge on any atom is 0.410 e. The van der Waals surface area contributed by atoms with E-state index < -0.39 is 120 Å². The molecule has 4 saturated heterocycles. The SMILES string of the molecule is CC[C@H]1OC(=O)[C@H](C)[C@@H](O[C@H]2C[C@@](C)(OC)[C@@H](OC(C)=O)[C@H](C)O2)[C@H](C)[C@@H](O[C@@H]2O[C@H](C)C[C@H](N(C)C)[C@H]2OC(C)=O)[C@@]2(C)C[C@@H](C)C(=O)[C@H](C)[C@H]3N(CCNC(=O)c4cccc(c4)/C=C/CO2)C(=O)O[C@]13C. The number of hydrogen-bond acceptors (Lipinski definition) is 17. The fourth-order valence-electron chi connectivity index (χ4n) is 12.1. The normalized spacial score (nSPS) is 40.5. The van der Waals surface area contributed by atoms with E-state index in [4.69, 9.17) is 47.4 Å². The lowest BCUT2D eigenvalue weighted by Crippen LogP contribution is -2.62. The Morgan fingerprint density at radius 3 is 2.23 bits per heavy atom. The summed E-state index contributed by atoms with van der Waals surface area (Å²) in [6.07, 6.45) is -4.67. The van der Waals surface area contributed by atoms with Gasteiger partial charge in [-0.3, -0.25) is 28.9 Å². The molecule has 5 aliphatic heterocycles. The molecule has 18 atom stereocenters. The van der Waals surface area contributed by atoms with Gasteiger partial charge in [-0.2, -0.15) is 0 Å². The predicted molar refractivity (Wildman–Crippen MR) is 266 cm³/mol. The number of benzene rings is 1. The van der Waals surface area contributed by atoms with Crippen molar-refractivity contribution in [2.24, 2.45) is 23.7 Å². The third-order valence-corrected chi connectivity index (χ3v) is 15.8. The molecule has 0 spiro atoms. The van der Waals surface area contributed by atoms with Crippen LogP contribution in [0.3, 0.4) is 0 Å². The van der Waals surface area contributed by atoms with Crippen molar-refractivity contribution in [2.45, 2.75) is 193 Å². The van der Waals surface area contributed by atoms with Crippen LogP contribution in [0.4, 0.5) is 4.79 Å². The lowest BCUT2D eigenvalue weighted by molar-refractivity contribution is -0.321. The molecule has 2 amide bonds.